The van der Waals surface area contributed by atoms with Crippen molar-refractivity contribution in [2.45, 2.75) is 13.8 Å². The minimum atomic E-state index is -0.0517. The van der Waals surface area contributed by atoms with Crippen LogP contribution in [-0.2, 0) is 0 Å². The van der Waals surface area contributed by atoms with Gasteiger partial charge in [-0.25, -0.2) is 0 Å². The zero-order valence-corrected chi connectivity index (χ0v) is 7.35. The van der Waals surface area contributed by atoms with Gasteiger partial charge in [-0.2, -0.15) is 0 Å². The highest BCUT2D eigenvalue weighted by molar-refractivity contribution is 6.38. The van der Waals surface area contributed by atoms with Gasteiger partial charge < -0.3 is 4.98 Å². The summed E-state index contributed by atoms with van der Waals surface area (Å²) in [6.07, 6.45) is 2.25. The number of hydrogen-bond donors (Lipinski definition) is 1. The van der Waals surface area contributed by atoms with E-state index in [2.05, 4.69) is 30.6 Å². The third-order valence-corrected chi connectivity index (χ3v) is 1.76. The zero-order valence-electron chi connectivity index (χ0n) is 5.94. The van der Waals surface area contributed by atoms with Gasteiger partial charge in [-0.1, -0.05) is 25.6 Å². The van der Waals surface area contributed by atoms with Crippen LogP contribution in [0.25, 0.3) is 0 Å². The lowest BCUT2D eigenvalue weighted by atomic mass is 10.2. The lowest BCUT2D eigenvalue weighted by molar-refractivity contribution is 0.833. The largest absolute Gasteiger partial charge is 0.342 e. The summed E-state index contributed by atoms with van der Waals surface area (Å²) in [5, 5.41) is 0. The van der Waals surface area contributed by atoms with Crippen molar-refractivity contribution in [1.29, 1.82) is 0 Å². The van der Waals surface area contributed by atoms with E-state index in [1.807, 2.05) is 7.05 Å². The lowest BCUT2D eigenvalue weighted by Gasteiger charge is -1.91. The SMILES string of the molecule is CN[SiH2]C=CC(C)C. The first-order valence-corrected chi connectivity index (χ1v) is 4.61. The molecule has 0 aliphatic rings. The molecule has 0 spiro atoms. The topological polar surface area (TPSA) is 12.0 Å². The number of nitrogens with one attached hydrogen (secondary N) is 1. The lowest BCUT2D eigenvalue weighted by Crippen LogP contribution is -2.09. The zero-order chi connectivity index (χ0) is 6.41. The molecule has 0 aliphatic heterocycles. The molecular weight excluding hydrogens is 114 g/mol. The van der Waals surface area contributed by atoms with Crippen LogP contribution in [0.3, 0.4) is 0 Å². The maximum atomic E-state index is 3.18. The molecule has 1 nitrogen and oxygen atoms in total. The molecule has 0 saturated carbocycles. The average Bonchev–Trinajstić information content (AvgIpc) is 1.66. The third kappa shape index (κ3) is 5.92. The van der Waals surface area contributed by atoms with Crippen LogP contribution in [0.2, 0.25) is 0 Å². The molecule has 0 saturated heterocycles. The monoisotopic (exact) mass is 129 g/mol. The second-order valence-corrected chi connectivity index (χ2v) is 3.82. The molecular formula is C6H15NSi. The Labute approximate surface area is 54.1 Å². The van der Waals surface area contributed by atoms with Gasteiger partial charge in [0, 0.05) is 0 Å². The maximum Gasteiger partial charge on any atom is 0.116 e. The van der Waals surface area contributed by atoms with Crippen molar-refractivity contribution in [3.05, 3.63) is 11.8 Å². The van der Waals surface area contributed by atoms with Crippen molar-refractivity contribution in [3.63, 3.8) is 0 Å². The molecule has 0 aromatic rings. The van der Waals surface area contributed by atoms with Gasteiger partial charge >= 0.3 is 0 Å². The Morgan fingerprint density at radius 3 is 2.50 bits per heavy atom. The summed E-state index contributed by atoms with van der Waals surface area (Å²) in [6.45, 7) is 4.39. The molecule has 0 amide bonds. The van der Waals surface area contributed by atoms with Crippen molar-refractivity contribution in [2.75, 3.05) is 7.05 Å². The predicted molar refractivity (Wildman–Crippen MR) is 41.6 cm³/mol. The van der Waals surface area contributed by atoms with E-state index in [1.54, 1.807) is 0 Å². The first kappa shape index (κ1) is 7.92. The molecule has 48 valence electrons. The molecule has 0 heterocycles. The highest BCUT2D eigenvalue weighted by Gasteiger charge is 1.80. The summed E-state index contributed by atoms with van der Waals surface area (Å²) in [4.78, 5) is 3.18. The van der Waals surface area contributed by atoms with Gasteiger partial charge in [-0.15, -0.1) is 0 Å². The molecule has 0 aliphatic carbocycles. The van der Waals surface area contributed by atoms with E-state index in [-0.39, 0.29) is 9.68 Å². The van der Waals surface area contributed by atoms with E-state index in [0.717, 1.165) is 5.92 Å². The summed E-state index contributed by atoms with van der Waals surface area (Å²) in [5.74, 6) is 0.718. The van der Waals surface area contributed by atoms with Gasteiger partial charge in [-0.05, 0) is 13.0 Å². The molecule has 0 atom stereocenters. The van der Waals surface area contributed by atoms with Crippen LogP contribution in [0.15, 0.2) is 11.8 Å². The summed E-state index contributed by atoms with van der Waals surface area (Å²) >= 11 is 0. The minimum absolute atomic E-state index is 0.0517. The van der Waals surface area contributed by atoms with Gasteiger partial charge in [0.1, 0.15) is 9.68 Å². The normalized spacial score (nSPS) is 13.0. The highest BCUT2D eigenvalue weighted by Crippen LogP contribution is 1.90. The summed E-state index contributed by atoms with van der Waals surface area (Å²) < 4.78 is 0. The van der Waals surface area contributed by atoms with E-state index in [0.29, 0.717) is 0 Å². The van der Waals surface area contributed by atoms with E-state index in [4.69, 9.17) is 0 Å². The van der Waals surface area contributed by atoms with E-state index in [9.17, 15) is 0 Å². The Hall–Kier alpha value is -0.0831. The van der Waals surface area contributed by atoms with Gasteiger partial charge in [-0.3, -0.25) is 0 Å². The molecule has 0 fully saturated rings. The van der Waals surface area contributed by atoms with Crippen molar-refractivity contribution in [2.24, 2.45) is 5.92 Å². The van der Waals surface area contributed by atoms with Crippen LogP contribution in [0, 0.1) is 5.92 Å². The standard InChI is InChI=1S/C6H15NSi/c1-6(2)4-5-8-7-3/h4-7H,8H2,1-3H3. The molecule has 2 heteroatoms. The van der Waals surface area contributed by atoms with Crippen LogP contribution in [0.5, 0.6) is 0 Å². The molecule has 8 heavy (non-hydrogen) atoms. The Morgan fingerprint density at radius 1 is 1.50 bits per heavy atom. The number of allylic oxidation sites excluding steroid dienone is 1. The molecule has 0 unspecified atom stereocenters. The molecule has 0 aromatic carbocycles. The Balaban J connectivity index is 3.07. The number of hydrogen-bond acceptors (Lipinski definition) is 1. The van der Waals surface area contributed by atoms with Crippen LogP contribution in [0.4, 0.5) is 0 Å². The van der Waals surface area contributed by atoms with Crippen LogP contribution >= 0.6 is 0 Å². The fourth-order valence-electron chi connectivity index (χ4n) is 0.458. The Bertz CT molecular complexity index is 68.9. The first-order valence-electron chi connectivity index (χ1n) is 3.08. The van der Waals surface area contributed by atoms with Crippen LogP contribution < -0.4 is 4.98 Å². The van der Waals surface area contributed by atoms with Gasteiger partial charge in [0.15, 0.2) is 0 Å². The van der Waals surface area contributed by atoms with E-state index in [1.165, 1.54) is 0 Å². The summed E-state index contributed by atoms with van der Waals surface area (Å²) in [7, 11) is 1.96. The predicted octanol–water partition coefficient (Wildman–Crippen LogP) is 0.459. The first-order chi connectivity index (χ1) is 3.77. The molecule has 0 bridgehead atoms. The average molecular weight is 129 g/mol. The van der Waals surface area contributed by atoms with Gasteiger partial charge in [0.25, 0.3) is 0 Å². The smallest absolute Gasteiger partial charge is 0.116 e. The van der Waals surface area contributed by atoms with Crippen molar-refractivity contribution in [1.82, 2.24) is 4.98 Å². The number of rotatable bonds is 3. The quantitative estimate of drug-likeness (QED) is 0.546. The molecule has 0 aromatic heterocycles. The van der Waals surface area contributed by atoms with E-state index >= 15 is 0 Å². The fourth-order valence-corrected chi connectivity index (χ4v) is 1.37. The van der Waals surface area contributed by atoms with Crippen molar-refractivity contribution >= 4 is 9.68 Å². The Kier molecular flexibility index (Phi) is 5.01. The van der Waals surface area contributed by atoms with Crippen molar-refractivity contribution in [3.8, 4) is 0 Å². The van der Waals surface area contributed by atoms with Crippen LogP contribution in [0.1, 0.15) is 13.8 Å². The minimum Gasteiger partial charge on any atom is -0.342 e. The second kappa shape index (κ2) is 5.06. The van der Waals surface area contributed by atoms with Gasteiger partial charge in [0.05, 0.1) is 0 Å². The highest BCUT2D eigenvalue weighted by atomic mass is 28.2. The Morgan fingerprint density at radius 2 is 2.12 bits per heavy atom. The fraction of sp³-hybridized carbons (Fsp3) is 0.667. The van der Waals surface area contributed by atoms with Gasteiger partial charge in [0.2, 0.25) is 0 Å². The van der Waals surface area contributed by atoms with Crippen molar-refractivity contribution < 1.29 is 0 Å². The maximum absolute atomic E-state index is 3.18. The van der Waals surface area contributed by atoms with Crippen LogP contribution in [-0.4, -0.2) is 16.7 Å². The third-order valence-electron chi connectivity index (χ3n) is 0.843. The molecule has 0 radical (unpaired) electrons. The molecule has 1 N–H and O–H groups in total. The summed E-state index contributed by atoms with van der Waals surface area (Å²) in [6, 6.07) is 0. The molecule has 0 rings (SSSR count). The second-order valence-electron chi connectivity index (χ2n) is 2.23. The summed E-state index contributed by atoms with van der Waals surface area (Å²) in [5.41, 5.74) is 2.28. The van der Waals surface area contributed by atoms with E-state index < -0.39 is 0 Å².